The Kier molecular flexibility index (Phi) is 9.49. The second kappa shape index (κ2) is 11.5. The van der Waals surface area contributed by atoms with E-state index in [1.54, 1.807) is 17.8 Å². The van der Waals surface area contributed by atoms with Crippen molar-refractivity contribution in [3.05, 3.63) is 24.0 Å². The smallest absolute Gasteiger partial charge is 0.244 e. The second-order valence-corrected chi connectivity index (χ2v) is 4.65. The first kappa shape index (κ1) is 19.0. The summed E-state index contributed by atoms with van der Waals surface area (Å²) in [5, 5.41) is 10.5. The molecule has 1 N–H and O–H groups in total. The Morgan fingerprint density at radius 2 is 2.00 bits per heavy atom. The van der Waals surface area contributed by atoms with E-state index >= 15 is 0 Å². The van der Waals surface area contributed by atoms with Crippen molar-refractivity contribution in [2.75, 3.05) is 26.4 Å². The molecule has 0 fully saturated rings. The number of allylic oxidation sites excluding steroid dienone is 1. The van der Waals surface area contributed by atoms with Crippen molar-refractivity contribution in [3.63, 3.8) is 0 Å². The number of aromatic nitrogens is 3. The van der Waals surface area contributed by atoms with Crippen molar-refractivity contribution in [1.82, 2.24) is 20.3 Å². The number of carbonyl (C=O) groups excluding carboxylic acids is 2. The highest BCUT2D eigenvalue weighted by molar-refractivity contribution is 5.97. The normalized spacial score (nSPS) is 11.0. The van der Waals surface area contributed by atoms with E-state index in [1.807, 2.05) is 6.92 Å². The number of rotatable bonds is 12. The van der Waals surface area contributed by atoms with E-state index in [1.165, 1.54) is 12.2 Å². The van der Waals surface area contributed by atoms with Crippen LogP contribution < -0.4 is 5.32 Å². The Morgan fingerprint density at radius 1 is 1.22 bits per heavy atom. The summed E-state index contributed by atoms with van der Waals surface area (Å²) in [6, 6.07) is 0. The molecule has 1 rings (SSSR count). The van der Waals surface area contributed by atoms with Crippen molar-refractivity contribution in [3.8, 4) is 0 Å². The minimum absolute atomic E-state index is 0.0876. The van der Waals surface area contributed by atoms with Crippen LogP contribution in [-0.2, 0) is 32.2 Å². The lowest BCUT2D eigenvalue weighted by atomic mass is 10.3. The Labute approximate surface area is 135 Å². The lowest BCUT2D eigenvalue weighted by Crippen LogP contribution is -2.20. The molecule has 0 bridgehead atoms. The first-order valence-electron chi connectivity index (χ1n) is 7.69. The molecule has 0 atom stereocenters. The minimum Gasteiger partial charge on any atom is -0.379 e. The van der Waals surface area contributed by atoms with Gasteiger partial charge in [-0.05, 0) is 13.0 Å². The van der Waals surface area contributed by atoms with Crippen molar-refractivity contribution >= 4 is 11.7 Å². The van der Waals surface area contributed by atoms with Gasteiger partial charge in [-0.1, -0.05) is 12.1 Å². The topological polar surface area (TPSA) is 95.3 Å². The molecule has 0 spiro atoms. The third-order valence-electron chi connectivity index (χ3n) is 2.84. The number of amides is 1. The van der Waals surface area contributed by atoms with Crippen LogP contribution in [0.2, 0.25) is 0 Å². The summed E-state index contributed by atoms with van der Waals surface area (Å²) in [6.45, 7) is 6.85. The maximum Gasteiger partial charge on any atom is 0.244 e. The van der Waals surface area contributed by atoms with Gasteiger partial charge in [0.1, 0.15) is 5.69 Å². The molecule has 23 heavy (non-hydrogen) atoms. The highest BCUT2D eigenvalue weighted by Gasteiger charge is 2.03. The van der Waals surface area contributed by atoms with Crippen LogP contribution in [0.15, 0.2) is 18.3 Å². The summed E-state index contributed by atoms with van der Waals surface area (Å²) in [6.07, 6.45) is 4.62. The maximum atomic E-state index is 11.5. The third-order valence-corrected chi connectivity index (χ3v) is 2.84. The quantitative estimate of drug-likeness (QED) is 0.444. The van der Waals surface area contributed by atoms with Crippen LogP contribution in [0.4, 0.5) is 0 Å². The predicted octanol–water partition coefficient (Wildman–Crippen LogP) is 0.483. The van der Waals surface area contributed by atoms with Gasteiger partial charge in [-0.2, -0.15) is 0 Å². The average molecular weight is 324 g/mol. The van der Waals surface area contributed by atoms with E-state index in [0.29, 0.717) is 45.1 Å². The zero-order chi connectivity index (χ0) is 16.9. The Balaban J connectivity index is 2.22. The number of hydrogen-bond donors (Lipinski definition) is 1. The zero-order valence-electron chi connectivity index (χ0n) is 13.7. The van der Waals surface area contributed by atoms with Crippen molar-refractivity contribution in [1.29, 1.82) is 0 Å². The summed E-state index contributed by atoms with van der Waals surface area (Å²) in [4.78, 5) is 22.6. The standard InChI is InChI=1S/C15H24N4O4/c1-3-14(20)5-6-15(21)16-11-13-12-19(18-17-13)7-8-23-10-9-22-4-2/h5-6,12H,3-4,7-11H2,1-2H3,(H,16,21)/b6-5+. The largest absolute Gasteiger partial charge is 0.379 e. The number of carbonyl (C=O) groups is 2. The summed E-state index contributed by atoms with van der Waals surface area (Å²) < 4.78 is 12.2. The van der Waals surface area contributed by atoms with Gasteiger partial charge in [-0.3, -0.25) is 9.59 Å². The van der Waals surface area contributed by atoms with Gasteiger partial charge in [0.15, 0.2) is 5.78 Å². The lowest BCUT2D eigenvalue weighted by molar-refractivity contribution is -0.118. The molecule has 8 heteroatoms. The van der Waals surface area contributed by atoms with E-state index in [-0.39, 0.29) is 18.2 Å². The molecule has 0 unspecified atom stereocenters. The minimum atomic E-state index is -0.333. The average Bonchev–Trinajstić information content (AvgIpc) is 3.01. The fourth-order valence-electron chi connectivity index (χ4n) is 1.57. The van der Waals surface area contributed by atoms with Gasteiger partial charge in [0, 0.05) is 19.1 Å². The monoisotopic (exact) mass is 324 g/mol. The first-order chi connectivity index (χ1) is 11.2. The molecule has 0 radical (unpaired) electrons. The number of nitrogens with one attached hydrogen (secondary N) is 1. The molecule has 1 aromatic rings. The molecule has 0 saturated carbocycles. The number of ether oxygens (including phenoxy) is 2. The van der Waals surface area contributed by atoms with Crippen LogP contribution in [0.3, 0.4) is 0 Å². The Morgan fingerprint density at radius 3 is 2.74 bits per heavy atom. The van der Waals surface area contributed by atoms with E-state index in [4.69, 9.17) is 9.47 Å². The van der Waals surface area contributed by atoms with Crippen LogP contribution >= 0.6 is 0 Å². The zero-order valence-corrected chi connectivity index (χ0v) is 13.7. The summed E-state index contributed by atoms with van der Waals surface area (Å²) in [7, 11) is 0. The van der Waals surface area contributed by atoms with Crippen LogP contribution in [0.1, 0.15) is 26.0 Å². The van der Waals surface area contributed by atoms with E-state index in [0.717, 1.165) is 0 Å². The van der Waals surface area contributed by atoms with Gasteiger partial charge < -0.3 is 14.8 Å². The van der Waals surface area contributed by atoms with Crippen molar-refractivity contribution in [2.45, 2.75) is 33.4 Å². The lowest BCUT2D eigenvalue weighted by Gasteiger charge is -2.03. The number of ketones is 1. The fraction of sp³-hybridized carbons (Fsp3) is 0.600. The van der Waals surface area contributed by atoms with Gasteiger partial charge >= 0.3 is 0 Å². The Hall–Kier alpha value is -2.06. The highest BCUT2D eigenvalue weighted by Crippen LogP contribution is 1.94. The molecule has 128 valence electrons. The molecule has 0 aromatic carbocycles. The Bertz CT molecular complexity index is 513. The predicted molar refractivity (Wildman–Crippen MR) is 83.6 cm³/mol. The third kappa shape index (κ3) is 8.84. The van der Waals surface area contributed by atoms with Gasteiger partial charge in [-0.25, -0.2) is 4.68 Å². The summed E-state index contributed by atoms with van der Waals surface area (Å²) in [5.74, 6) is -0.420. The molecule has 1 amide bonds. The van der Waals surface area contributed by atoms with Crippen LogP contribution in [0.5, 0.6) is 0 Å². The number of nitrogens with zero attached hydrogens (tertiary/aromatic N) is 3. The molecule has 0 aliphatic rings. The van der Waals surface area contributed by atoms with Crippen LogP contribution in [-0.4, -0.2) is 53.1 Å². The molecule has 0 saturated heterocycles. The fourth-order valence-corrected chi connectivity index (χ4v) is 1.57. The van der Waals surface area contributed by atoms with Gasteiger partial charge in [-0.15, -0.1) is 5.10 Å². The molecular formula is C15H24N4O4. The van der Waals surface area contributed by atoms with Gasteiger partial charge in [0.05, 0.1) is 39.1 Å². The van der Waals surface area contributed by atoms with Gasteiger partial charge in [0.25, 0.3) is 0 Å². The molecular weight excluding hydrogens is 300 g/mol. The molecule has 1 heterocycles. The first-order valence-corrected chi connectivity index (χ1v) is 7.69. The van der Waals surface area contributed by atoms with Crippen molar-refractivity contribution < 1.29 is 19.1 Å². The van der Waals surface area contributed by atoms with E-state index in [9.17, 15) is 9.59 Å². The molecule has 8 nitrogen and oxygen atoms in total. The SMILES string of the molecule is CCOCCOCCn1cc(CNC(=O)/C=C/C(=O)CC)nn1. The van der Waals surface area contributed by atoms with Crippen LogP contribution in [0, 0.1) is 0 Å². The maximum absolute atomic E-state index is 11.5. The summed E-state index contributed by atoms with van der Waals surface area (Å²) >= 11 is 0. The second-order valence-electron chi connectivity index (χ2n) is 4.65. The van der Waals surface area contributed by atoms with E-state index < -0.39 is 0 Å². The van der Waals surface area contributed by atoms with Crippen LogP contribution in [0.25, 0.3) is 0 Å². The van der Waals surface area contributed by atoms with E-state index in [2.05, 4.69) is 15.6 Å². The van der Waals surface area contributed by atoms with Gasteiger partial charge in [0.2, 0.25) is 5.91 Å². The highest BCUT2D eigenvalue weighted by atomic mass is 16.5. The number of hydrogen-bond acceptors (Lipinski definition) is 6. The molecule has 0 aliphatic heterocycles. The molecule has 0 aliphatic carbocycles. The van der Waals surface area contributed by atoms with Crippen molar-refractivity contribution in [2.24, 2.45) is 0 Å². The molecule has 1 aromatic heterocycles. The summed E-state index contributed by atoms with van der Waals surface area (Å²) in [5.41, 5.74) is 0.642.